The number of carbonyl (C=O) groups excluding carboxylic acids is 3. The number of benzene rings is 1. The van der Waals surface area contributed by atoms with E-state index in [0.717, 1.165) is 0 Å². The van der Waals surface area contributed by atoms with Gasteiger partial charge in [-0.3, -0.25) is 19.7 Å². The third kappa shape index (κ3) is 4.61. The molecule has 10 heteroatoms. The molecule has 1 heterocycles. The van der Waals surface area contributed by atoms with Crippen LogP contribution in [0.3, 0.4) is 0 Å². The second-order valence-electron chi connectivity index (χ2n) is 7.07. The van der Waals surface area contributed by atoms with Crippen molar-refractivity contribution in [1.82, 2.24) is 4.90 Å². The molecule has 1 saturated heterocycles. The lowest BCUT2D eigenvalue weighted by molar-refractivity contribution is -0.384. The Morgan fingerprint density at radius 1 is 1.29 bits per heavy atom. The molecule has 2 N–H and O–H groups in total. The Labute approximate surface area is 165 Å². The molecule has 0 spiro atoms. The summed E-state index contributed by atoms with van der Waals surface area (Å²) in [4.78, 5) is 47.3. The average Bonchev–Trinajstić information content (AvgIpc) is 3.34. The van der Waals surface area contributed by atoms with Crippen molar-refractivity contribution >= 4 is 34.6 Å². The van der Waals surface area contributed by atoms with Crippen LogP contribution in [0.15, 0.2) is 24.3 Å². The molecule has 28 heavy (non-hydrogen) atoms. The predicted octanol–water partition coefficient (Wildman–Crippen LogP) is 2.08. The average molecular weight is 407 g/mol. The molecule has 4 atom stereocenters. The van der Waals surface area contributed by atoms with E-state index in [2.05, 4.69) is 0 Å². The number of ether oxygens (including phenoxy) is 1. The maximum absolute atomic E-state index is 12.6. The lowest BCUT2D eigenvalue weighted by Gasteiger charge is -2.24. The van der Waals surface area contributed by atoms with Gasteiger partial charge < -0.3 is 15.4 Å². The second-order valence-corrected chi connectivity index (χ2v) is 8.55. The third-order valence-corrected chi connectivity index (χ3v) is 6.09. The quantitative estimate of drug-likeness (QED) is 0.564. The van der Waals surface area contributed by atoms with Gasteiger partial charge >= 0.3 is 6.09 Å². The van der Waals surface area contributed by atoms with Crippen LogP contribution in [0.4, 0.5) is 10.5 Å². The topological polar surface area (TPSA) is 133 Å². The zero-order chi connectivity index (χ0) is 20.4. The summed E-state index contributed by atoms with van der Waals surface area (Å²) in [5.41, 5.74) is 5.97. The number of nitrogens with two attached hydrogens (primary N) is 1. The largest absolute Gasteiger partial charge is 0.445 e. The SMILES string of the molecule is CC(=O)SC1CC(C2CC2C(N)=O)N(C(=O)OCc2ccc([N+](=O)[O-])cc2)C1. The molecule has 3 rings (SSSR count). The van der Waals surface area contributed by atoms with Crippen LogP contribution >= 0.6 is 11.8 Å². The highest BCUT2D eigenvalue weighted by atomic mass is 32.2. The second kappa shape index (κ2) is 8.17. The van der Waals surface area contributed by atoms with Crippen molar-refractivity contribution in [3.8, 4) is 0 Å². The fourth-order valence-corrected chi connectivity index (χ4v) is 4.67. The summed E-state index contributed by atoms with van der Waals surface area (Å²) in [7, 11) is 0. The molecule has 0 bridgehead atoms. The molecule has 9 nitrogen and oxygen atoms in total. The van der Waals surface area contributed by atoms with E-state index in [9.17, 15) is 24.5 Å². The van der Waals surface area contributed by atoms with E-state index >= 15 is 0 Å². The highest BCUT2D eigenvalue weighted by Crippen LogP contribution is 2.47. The Balaban J connectivity index is 1.62. The van der Waals surface area contributed by atoms with Crippen molar-refractivity contribution in [2.24, 2.45) is 17.6 Å². The molecule has 2 fully saturated rings. The summed E-state index contributed by atoms with van der Waals surface area (Å²) in [6.45, 7) is 1.84. The summed E-state index contributed by atoms with van der Waals surface area (Å²) in [6, 6.07) is 5.58. The third-order valence-electron chi connectivity index (χ3n) is 5.08. The number of hydrogen-bond donors (Lipinski definition) is 1. The summed E-state index contributed by atoms with van der Waals surface area (Å²) < 4.78 is 5.38. The normalized spacial score (nSPS) is 26.0. The molecular weight excluding hydrogens is 386 g/mol. The first kappa shape index (κ1) is 20.1. The lowest BCUT2D eigenvalue weighted by atomic mass is 10.1. The molecule has 1 aliphatic carbocycles. The van der Waals surface area contributed by atoms with E-state index in [-0.39, 0.29) is 46.4 Å². The van der Waals surface area contributed by atoms with Crippen LogP contribution in [0.2, 0.25) is 0 Å². The minimum absolute atomic E-state index is 0.00184. The Kier molecular flexibility index (Phi) is 5.87. The van der Waals surface area contributed by atoms with E-state index in [1.165, 1.54) is 43.0 Å². The summed E-state index contributed by atoms with van der Waals surface area (Å²) in [5.74, 6) is -0.607. The van der Waals surface area contributed by atoms with Crippen LogP contribution < -0.4 is 5.73 Å². The van der Waals surface area contributed by atoms with Crippen LogP contribution in [0.25, 0.3) is 0 Å². The maximum atomic E-state index is 12.6. The van der Waals surface area contributed by atoms with E-state index in [1.54, 1.807) is 4.90 Å². The first-order chi connectivity index (χ1) is 13.3. The fraction of sp³-hybridized carbons (Fsp3) is 0.500. The van der Waals surface area contributed by atoms with Gasteiger partial charge in [0, 0.05) is 42.8 Å². The molecule has 1 saturated carbocycles. The number of rotatable bonds is 6. The maximum Gasteiger partial charge on any atom is 0.410 e. The molecule has 4 unspecified atom stereocenters. The molecular formula is C18H21N3O6S. The standard InChI is InChI=1S/C18H21N3O6S/c1-10(22)28-13-6-16(14-7-15(14)17(19)23)20(8-13)18(24)27-9-11-2-4-12(5-3-11)21(25)26/h2-5,13-16H,6-9H2,1H3,(H2,19,23). The highest BCUT2D eigenvalue weighted by molar-refractivity contribution is 8.14. The molecule has 2 amide bonds. The molecule has 1 aromatic rings. The van der Waals surface area contributed by atoms with Gasteiger partial charge in [0.15, 0.2) is 5.12 Å². The van der Waals surface area contributed by atoms with Gasteiger partial charge in [0.25, 0.3) is 5.69 Å². The molecule has 2 aliphatic rings. The number of nitro benzene ring substituents is 1. The van der Waals surface area contributed by atoms with Crippen LogP contribution in [0.5, 0.6) is 0 Å². The van der Waals surface area contributed by atoms with Gasteiger partial charge in [-0.1, -0.05) is 11.8 Å². The van der Waals surface area contributed by atoms with E-state index in [0.29, 0.717) is 24.9 Å². The van der Waals surface area contributed by atoms with E-state index < -0.39 is 11.0 Å². The van der Waals surface area contributed by atoms with E-state index in [1.807, 2.05) is 0 Å². The van der Waals surface area contributed by atoms with Gasteiger partial charge in [0.1, 0.15) is 6.61 Å². The van der Waals surface area contributed by atoms with Gasteiger partial charge in [-0.25, -0.2) is 4.79 Å². The zero-order valence-electron chi connectivity index (χ0n) is 15.3. The summed E-state index contributed by atoms with van der Waals surface area (Å²) in [6.07, 6.45) is 0.736. The van der Waals surface area contributed by atoms with E-state index in [4.69, 9.17) is 10.5 Å². The molecule has 1 aliphatic heterocycles. The van der Waals surface area contributed by atoms with Gasteiger partial charge in [-0.05, 0) is 36.5 Å². The zero-order valence-corrected chi connectivity index (χ0v) is 16.1. The molecule has 1 aromatic carbocycles. The number of primary amides is 1. The molecule has 0 radical (unpaired) electrons. The van der Waals surface area contributed by atoms with Crippen LogP contribution in [-0.4, -0.2) is 44.8 Å². The molecule has 0 aromatic heterocycles. The monoisotopic (exact) mass is 407 g/mol. The number of amides is 2. The minimum atomic E-state index is -0.523. The predicted molar refractivity (Wildman–Crippen MR) is 101 cm³/mol. The lowest BCUT2D eigenvalue weighted by Crippen LogP contribution is -2.38. The number of non-ortho nitro benzene ring substituents is 1. The van der Waals surface area contributed by atoms with Crippen molar-refractivity contribution in [2.75, 3.05) is 6.54 Å². The highest BCUT2D eigenvalue weighted by Gasteiger charge is 2.53. The Hall–Kier alpha value is -2.62. The van der Waals surface area contributed by atoms with Crippen LogP contribution in [0, 0.1) is 22.0 Å². The Bertz CT molecular complexity index is 799. The van der Waals surface area contributed by atoms with Crippen LogP contribution in [-0.2, 0) is 20.9 Å². The van der Waals surface area contributed by atoms with Gasteiger partial charge in [0.05, 0.1) is 4.92 Å². The van der Waals surface area contributed by atoms with Crippen molar-refractivity contribution in [3.05, 3.63) is 39.9 Å². The Morgan fingerprint density at radius 2 is 1.96 bits per heavy atom. The first-order valence-electron chi connectivity index (χ1n) is 8.89. The summed E-state index contributed by atoms with van der Waals surface area (Å²) in [5, 5.41) is 10.6. The number of nitrogens with zero attached hydrogens (tertiary/aromatic N) is 2. The van der Waals surface area contributed by atoms with Crippen molar-refractivity contribution in [3.63, 3.8) is 0 Å². The van der Waals surface area contributed by atoms with Crippen molar-refractivity contribution < 1.29 is 24.0 Å². The minimum Gasteiger partial charge on any atom is -0.445 e. The molecule has 150 valence electrons. The number of nitro groups is 1. The van der Waals surface area contributed by atoms with Crippen molar-refractivity contribution in [1.29, 1.82) is 0 Å². The number of carbonyl (C=O) groups is 3. The van der Waals surface area contributed by atoms with Crippen molar-refractivity contribution in [2.45, 2.75) is 37.7 Å². The summed E-state index contributed by atoms with van der Waals surface area (Å²) >= 11 is 1.19. The first-order valence-corrected chi connectivity index (χ1v) is 9.77. The van der Waals surface area contributed by atoms with Gasteiger partial charge in [-0.15, -0.1) is 0 Å². The number of hydrogen-bond acceptors (Lipinski definition) is 7. The number of likely N-dealkylation sites (tertiary alicyclic amines) is 1. The smallest absolute Gasteiger partial charge is 0.410 e. The Morgan fingerprint density at radius 3 is 2.50 bits per heavy atom. The van der Waals surface area contributed by atoms with Gasteiger partial charge in [-0.2, -0.15) is 0 Å². The van der Waals surface area contributed by atoms with Crippen LogP contribution in [0.1, 0.15) is 25.3 Å². The van der Waals surface area contributed by atoms with Gasteiger partial charge in [0.2, 0.25) is 5.91 Å². The number of thioether (sulfide) groups is 1. The fourth-order valence-electron chi connectivity index (χ4n) is 3.67.